The summed E-state index contributed by atoms with van der Waals surface area (Å²) in [7, 11) is 0. The van der Waals surface area contributed by atoms with Gasteiger partial charge in [0.2, 0.25) is 0 Å². The predicted octanol–water partition coefficient (Wildman–Crippen LogP) is 5.06. The number of thiocarbonyl (C=S) groups is 1. The van der Waals surface area contributed by atoms with E-state index >= 15 is 0 Å². The van der Waals surface area contributed by atoms with Crippen LogP contribution in [0.3, 0.4) is 0 Å². The molecule has 154 valence electrons. The van der Waals surface area contributed by atoms with Crippen LogP contribution in [-0.2, 0) is 0 Å². The Hall–Kier alpha value is -3.64. The fourth-order valence-electron chi connectivity index (χ4n) is 4.27. The van der Waals surface area contributed by atoms with Crippen molar-refractivity contribution in [1.29, 1.82) is 0 Å². The number of aryl methyl sites for hydroxylation is 1. The van der Waals surface area contributed by atoms with E-state index in [0.29, 0.717) is 10.8 Å². The molecule has 0 aliphatic carbocycles. The Balaban J connectivity index is 1.71. The van der Waals surface area contributed by atoms with Crippen molar-refractivity contribution < 1.29 is 5.11 Å². The van der Waals surface area contributed by atoms with Gasteiger partial charge >= 0.3 is 0 Å². The van der Waals surface area contributed by atoms with E-state index in [-0.39, 0.29) is 17.8 Å². The Morgan fingerprint density at radius 1 is 0.903 bits per heavy atom. The second-order valence-electron chi connectivity index (χ2n) is 7.57. The van der Waals surface area contributed by atoms with E-state index in [1.165, 1.54) is 5.56 Å². The Morgan fingerprint density at radius 2 is 1.65 bits per heavy atom. The van der Waals surface area contributed by atoms with Crippen molar-refractivity contribution in [1.82, 2.24) is 14.9 Å². The molecule has 5 rings (SSSR count). The average molecular weight is 427 g/mol. The molecular formula is C25H22N4OS. The normalized spacial score (nSPS) is 18.2. The van der Waals surface area contributed by atoms with Gasteiger partial charge in [-0.1, -0.05) is 36.4 Å². The summed E-state index contributed by atoms with van der Waals surface area (Å²) in [4.78, 5) is 6.60. The van der Waals surface area contributed by atoms with Crippen LogP contribution in [0.2, 0.25) is 0 Å². The molecule has 3 heterocycles. The monoisotopic (exact) mass is 426 g/mol. The molecule has 2 N–H and O–H groups in total. The summed E-state index contributed by atoms with van der Waals surface area (Å²) in [6.45, 7) is 2.10. The minimum absolute atomic E-state index is 0.175. The Bertz CT molecular complexity index is 1240. The lowest BCUT2D eigenvalue weighted by molar-refractivity contribution is 0.472. The predicted molar refractivity (Wildman–Crippen MR) is 127 cm³/mol. The number of para-hydroxylation sites is 3. The SMILES string of the molecule is Cc1ccccc1-n1cccc1[C@@H]1[C@@H](c2ccccn2)NC(=S)N1c1ccccc1O. The van der Waals surface area contributed by atoms with Crippen LogP contribution in [0.5, 0.6) is 5.75 Å². The molecule has 0 spiro atoms. The maximum absolute atomic E-state index is 10.6. The zero-order valence-electron chi connectivity index (χ0n) is 17.0. The maximum atomic E-state index is 10.6. The number of phenols is 1. The van der Waals surface area contributed by atoms with Gasteiger partial charge in [-0.25, -0.2) is 0 Å². The van der Waals surface area contributed by atoms with Crippen molar-refractivity contribution in [3.8, 4) is 11.4 Å². The first-order chi connectivity index (χ1) is 15.1. The Kier molecular flexibility index (Phi) is 4.92. The van der Waals surface area contributed by atoms with Crippen LogP contribution in [0.4, 0.5) is 5.69 Å². The first-order valence-corrected chi connectivity index (χ1v) is 10.6. The van der Waals surface area contributed by atoms with Gasteiger partial charge in [0.15, 0.2) is 5.11 Å². The zero-order valence-corrected chi connectivity index (χ0v) is 17.8. The number of rotatable bonds is 4. The number of aromatic nitrogens is 2. The molecule has 1 aliphatic rings. The van der Waals surface area contributed by atoms with Crippen molar-refractivity contribution in [2.45, 2.75) is 19.0 Å². The van der Waals surface area contributed by atoms with Gasteiger partial charge in [-0.3, -0.25) is 4.98 Å². The summed E-state index contributed by atoms with van der Waals surface area (Å²) in [6, 6.07) is 25.2. The van der Waals surface area contributed by atoms with E-state index in [1.807, 2.05) is 59.5 Å². The molecule has 2 aromatic carbocycles. The first kappa shape index (κ1) is 19.3. The average Bonchev–Trinajstić information content (AvgIpc) is 3.39. The summed E-state index contributed by atoms with van der Waals surface area (Å²) in [5, 5.41) is 14.6. The van der Waals surface area contributed by atoms with Crippen LogP contribution in [0, 0.1) is 6.92 Å². The van der Waals surface area contributed by atoms with Crippen LogP contribution in [0.1, 0.15) is 29.0 Å². The third-order valence-electron chi connectivity index (χ3n) is 5.70. The lowest BCUT2D eigenvalue weighted by Gasteiger charge is -2.29. The van der Waals surface area contributed by atoms with Crippen molar-refractivity contribution in [2.75, 3.05) is 4.90 Å². The molecule has 0 amide bonds. The molecule has 6 heteroatoms. The van der Waals surface area contributed by atoms with E-state index in [0.717, 1.165) is 17.1 Å². The minimum Gasteiger partial charge on any atom is -0.506 e. The molecule has 0 radical (unpaired) electrons. The summed E-state index contributed by atoms with van der Waals surface area (Å²) < 4.78 is 2.19. The summed E-state index contributed by atoms with van der Waals surface area (Å²) in [6.07, 6.45) is 3.86. The second kappa shape index (κ2) is 7.89. The van der Waals surface area contributed by atoms with Crippen LogP contribution in [0.15, 0.2) is 91.3 Å². The number of hydrogen-bond acceptors (Lipinski definition) is 3. The zero-order chi connectivity index (χ0) is 21.4. The van der Waals surface area contributed by atoms with Crippen molar-refractivity contribution >= 4 is 23.0 Å². The minimum atomic E-state index is -0.203. The number of phenolic OH excluding ortho intramolecular Hbond substituents is 1. The fraction of sp³-hybridized carbons (Fsp3) is 0.120. The van der Waals surface area contributed by atoms with Crippen molar-refractivity contribution in [3.05, 3.63) is 108 Å². The van der Waals surface area contributed by atoms with Gasteiger partial charge in [-0.2, -0.15) is 0 Å². The van der Waals surface area contributed by atoms with E-state index in [2.05, 4.69) is 46.2 Å². The van der Waals surface area contributed by atoms with Gasteiger partial charge in [0.1, 0.15) is 11.8 Å². The maximum Gasteiger partial charge on any atom is 0.174 e. The van der Waals surface area contributed by atoms with Crippen LogP contribution < -0.4 is 10.2 Å². The lowest BCUT2D eigenvalue weighted by atomic mass is 10.0. The molecule has 1 fully saturated rings. The summed E-state index contributed by atoms with van der Waals surface area (Å²) >= 11 is 5.76. The largest absolute Gasteiger partial charge is 0.506 e. The number of aromatic hydroxyl groups is 1. The van der Waals surface area contributed by atoms with Gasteiger partial charge in [-0.15, -0.1) is 0 Å². The number of nitrogens with one attached hydrogen (secondary N) is 1. The number of benzene rings is 2. The molecule has 31 heavy (non-hydrogen) atoms. The number of nitrogens with zero attached hydrogens (tertiary/aromatic N) is 3. The van der Waals surface area contributed by atoms with E-state index < -0.39 is 0 Å². The second-order valence-corrected chi connectivity index (χ2v) is 7.96. The van der Waals surface area contributed by atoms with Crippen LogP contribution in [-0.4, -0.2) is 19.8 Å². The summed E-state index contributed by atoms with van der Waals surface area (Å²) in [5.74, 6) is 0.187. The first-order valence-electron chi connectivity index (χ1n) is 10.2. The topological polar surface area (TPSA) is 53.3 Å². The molecular weight excluding hydrogens is 404 g/mol. The molecule has 0 unspecified atom stereocenters. The molecule has 5 nitrogen and oxygen atoms in total. The lowest BCUT2D eigenvalue weighted by Crippen LogP contribution is -2.30. The van der Waals surface area contributed by atoms with Crippen LogP contribution in [0.25, 0.3) is 5.69 Å². The number of pyridine rings is 1. The molecule has 2 aromatic heterocycles. The highest BCUT2D eigenvalue weighted by Crippen LogP contribution is 2.44. The van der Waals surface area contributed by atoms with E-state index in [4.69, 9.17) is 12.2 Å². The molecule has 1 saturated heterocycles. The third kappa shape index (κ3) is 3.35. The molecule has 0 saturated carbocycles. The fourth-order valence-corrected chi connectivity index (χ4v) is 4.61. The standard InChI is InChI=1S/C25H22N4OS/c1-17-9-2-3-11-19(17)28-16-8-13-21(28)24-23(18-10-6-7-15-26-18)27-25(31)29(24)20-12-4-5-14-22(20)30/h2-16,23-24,30H,1H3,(H,27,31)/t23-,24-/m1/s1. The van der Waals surface area contributed by atoms with Gasteiger partial charge in [0, 0.05) is 23.8 Å². The highest BCUT2D eigenvalue weighted by atomic mass is 32.1. The molecule has 4 aromatic rings. The summed E-state index contributed by atoms with van der Waals surface area (Å²) in [5.41, 5.74) is 4.90. The number of anilines is 1. The van der Waals surface area contributed by atoms with Crippen molar-refractivity contribution in [2.24, 2.45) is 0 Å². The van der Waals surface area contributed by atoms with E-state index in [1.54, 1.807) is 12.3 Å². The van der Waals surface area contributed by atoms with E-state index in [9.17, 15) is 5.11 Å². The van der Waals surface area contributed by atoms with Crippen LogP contribution >= 0.6 is 12.2 Å². The smallest absolute Gasteiger partial charge is 0.174 e. The highest BCUT2D eigenvalue weighted by Gasteiger charge is 2.43. The highest BCUT2D eigenvalue weighted by molar-refractivity contribution is 7.80. The third-order valence-corrected chi connectivity index (χ3v) is 6.01. The van der Waals surface area contributed by atoms with Gasteiger partial charge in [0.25, 0.3) is 0 Å². The Morgan fingerprint density at radius 3 is 2.39 bits per heavy atom. The van der Waals surface area contributed by atoms with Gasteiger partial charge < -0.3 is 19.9 Å². The molecule has 0 bridgehead atoms. The number of hydrogen-bond donors (Lipinski definition) is 2. The quantitative estimate of drug-likeness (QED) is 0.447. The Labute approximate surface area is 186 Å². The molecule has 2 atom stereocenters. The molecule has 1 aliphatic heterocycles. The van der Waals surface area contributed by atoms with Crippen molar-refractivity contribution in [3.63, 3.8) is 0 Å². The van der Waals surface area contributed by atoms with Gasteiger partial charge in [-0.05, 0) is 67.2 Å². The van der Waals surface area contributed by atoms with Gasteiger partial charge in [0.05, 0.1) is 17.4 Å².